The first-order chi connectivity index (χ1) is 10.4. The van der Waals surface area contributed by atoms with Gasteiger partial charge in [-0.15, -0.1) is 0 Å². The first-order valence-corrected chi connectivity index (χ1v) is 7.23. The summed E-state index contributed by atoms with van der Waals surface area (Å²) < 4.78 is 0. The number of carboxylic acids is 1. The van der Waals surface area contributed by atoms with Crippen molar-refractivity contribution in [3.05, 3.63) is 35.4 Å². The van der Waals surface area contributed by atoms with Gasteiger partial charge in [0.05, 0.1) is 0 Å². The molecule has 2 N–H and O–H groups in total. The van der Waals surface area contributed by atoms with Gasteiger partial charge < -0.3 is 15.3 Å². The molecule has 0 atom stereocenters. The summed E-state index contributed by atoms with van der Waals surface area (Å²) in [6.07, 6.45) is 2.25. The smallest absolute Gasteiger partial charge is 0.303 e. The minimum absolute atomic E-state index is 0.150. The molecule has 22 heavy (non-hydrogen) atoms. The van der Waals surface area contributed by atoms with Gasteiger partial charge >= 0.3 is 5.97 Å². The van der Waals surface area contributed by atoms with Crippen LogP contribution in [0.3, 0.4) is 0 Å². The lowest BCUT2D eigenvalue weighted by atomic mass is 10.1. The normalized spacial score (nSPS) is 10.1. The average molecular weight is 306 g/mol. The van der Waals surface area contributed by atoms with E-state index in [0.717, 1.165) is 12.8 Å². The SMILES string of the molecule is CN(C)C(=O)c1cccc(C(=O)NCCCCCC(=O)O)c1. The van der Waals surface area contributed by atoms with Gasteiger partial charge in [-0.1, -0.05) is 12.5 Å². The number of amides is 2. The summed E-state index contributed by atoms with van der Waals surface area (Å²) in [5.41, 5.74) is 0.914. The fourth-order valence-electron chi connectivity index (χ4n) is 1.93. The first kappa shape index (κ1) is 17.7. The van der Waals surface area contributed by atoms with E-state index in [1.807, 2.05) is 0 Å². The van der Waals surface area contributed by atoms with Gasteiger partial charge in [0.25, 0.3) is 11.8 Å². The van der Waals surface area contributed by atoms with Crippen molar-refractivity contribution in [3.8, 4) is 0 Å². The molecule has 0 unspecified atom stereocenters. The van der Waals surface area contributed by atoms with Crippen molar-refractivity contribution in [3.63, 3.8) is 0 Å². The van der Waals surface area contributed by atoms with Gasteiger partial charge in [-0.25, -0.2) is 0 Å². The number of rotatable bonds is 8. The number of nitrogens with zero attached hydrogens (tertiary/aromatic N) is 1. The highest BCUT2D eigenvalue weighted by molar-refractivity contribution is 5.99. The van der Waals surface area contributed by atoms with Crippen LogP contribution in [0.2, 0.25) is 0 Å². The molecule has 0 aromatic heterocycles. The largest absolute Gasteiger partial charge is 0.481 e. The minimum atomic E-state index is -0.800. The number of unbranched alkanes of at least 4 members (excludes halogenated alkanes) is 2. The molecular weight excluding hydrogens is 284 g/mol. The lowest BCUT2D eigenvalue weighted by Crippen LogP contribution is -2.26. The Bertz CT molecular complexity index is 541. The monoisotopic (exact) mass is 306 g/mol. The molecule has 0 heterocycles. The molecule has 6 nitrogen and oxygen atoms in total. The molecule has 0 radical (unpaired) electrons. The number of carbonyl (C=O) groups excluding carboxylic acids is 2. The Morgan fingerprint density at radius 2 is 1.77 bits per heavy atom. The van der Waals surface area contributed by atoms with Crippen LogP contribution in [0.4, 0.5) is 0 Å². The highest BCUT2D eigenvalue weighted by Crippen LogP contribution is 2.07. The molecule has 0 aliphatic heterocycles. The first-order valence-electron chi connectivity index (χ1n) is 7.23. The van der Waals surface area contributed by atoms with Crippen LogP contribution in [0.15, 0.2) is 24.3 Å². The van der Waals surface area contributed by atoms with E-state index in [0.29, 0.717) is 24.1 Å². The maximum atomic E-state index is 12.0. The Morgan fingerprint density at radius 1 is 1.09 bits per heavy atom. The molecule has 0 saturated carbocycles. The number of hydrogen-bond acceptors (Lipinski definition) is 3. The number of benzene rings is 1. The molecule has 6 heteroatoms. The van der Waals surface area contributed by atoms with Crippen molar-refractivity contribution in [1.82, 2.24) is 10.2 Å². The molecule has 1 aromatic carbocycles. The quantitative estimate of drug-likeness (QED) is 0.717. The van der Waals surface area contributed by atoms with Crippen LogP contribution >= 0.6 is 0 Å². The van der Waals surface area contributed by atoms with Gasteiger partial charge in [0, 0.05) is 38.2 Å². The second-order valence-corrected chi connectivity index (χ2v) is 5.24. The van der Waals surface area contributed by atoms with Gasteiger partial charge in [0.2, 0.25) is 0 Å². The van der Waals surface area contributed by atoms with Crippen LogP contribution in [0.5, 0.6) is 0 Å². The highest BCUT2D eigenvalue weighted by Gasteiger charge is 2.11. The molecule has 0 bridgehead atoms. The summed E-state index contributed by atoms with van der Waals surface area (Å²) in [6, 6.07) is 6.58. The van der Waals surface area contributed by atoms with E-state index in [9.17, 15) is 14.4 Å². The standard InChI is InChI=1S/C16H22N2O4/c1-18(2)16(22)13-8-6-7-12(11-13)15(21)17-10-5-3-4-9-14(19)20/h6-8,11H,3-5,9-10H2,1-2H3,(H,17,21)(H,19,20). The molecule has 0 aliphatic carbocycles. The Hall–Kier alpha value is -2.37. The summed E-state index contributed by atoms with van der Waals surface area (Å²) in [6.45, 7) is 0.490. The summed E-state index contributed by atoms with van der Waals surface area (Å²) in [5, 5.41) is 11.3. The van der Waals surface area contributed by atoms with Crippen molar-refractivity contribution < 1.29 is 19.5 Å². The lowest BCUT2D eigenvalue weighted by molar-refractivity contribution is -0.137. The van der Waals surface area contributed by atoms with Crippen molar-refractivity contribution >= 4 is 17.8 Å². The fraction of sp³-hybridized carbons (Fsp3) is 0.438. The van der Waals surface area contributed by atoms with Crippen LogP contribution in [-0.4, -0.2) is 48.4 Å². The summed E-state index contributed by atoms with van der Waals surface area (Å²) >= 11 is 0. The van der Waals surface area contributed by atoms with Gasteiger partial charge in [-0.3, -0.25) is 14.4 Å². The summed E-state index contributed by atoms with van der Waals surface area (Å²) in [7, 11) is 3.32. The molecular formula is C16H22N2O4. The van der Waals surface area contributed by atoms with E-state index in [1.165, 1.54) is 4.90 Å². The van der Waals surface area contributed by atoms with Crippen molar-refractivity contribution in [1.29, 1.82) is 0 Å². The molecule has 1 aromatic rings. The Labute approximate surface area is 130 Å². The predicted molar refractivity (Wildman–Crippen MR) is 82.9 cm³/mol. The van der Waals surface area contributed by atoms with Crippen molar-refractivity contribution in [2.24, 2.45) is 0 Å². The topological polar surface area (TPSA) is 86.7 Å². The number of aliphatic carboxylic acids is 1. The maximum absolute atomic E-state index is 12.0. The summed E-state index contributed by atoms with van der Waals surface area (Å²) in [4.78, 5) is 35.7. The minimum Gasteiger partial charge on any atom is -0.481 e. The summed E-state index contributed by atoms with van der Waals surface area (Å²) in [5.74, 6) is -1.18. The third-order valence-electron chi connectivity index (χ3n) is 3.13. The molecule has 0 spiro atoms. The van der Waals surface area contributed by atoms with Gasteiger partial charge in [-0.05, 0) is 31.0 Å². The van der Waals surface area contributed by atoms with E-state index in [-0.39, 0.29) is 18.2 Å². The third kappa shape index (κ3) is 5.95. The molecule has 1 rings (SSSR count). The van der Waals surface area contributed by atoms with E-state index in [2.05, 4.69) is 5.32 Å². The third-order valence-corrected chi connectivity index (χ3v) is 3.13. The van der Waals surface area contributed by atoms with E-state index < -0.39 is 5.97 Å². The highest BCUT2D eigenvalue weighted by atomic mass is 16.4. The Kier molecular flexibility index (Phi) is 7.08. The van der Waals surface area contributed by atoms with Crippen LogP contribution in [-0.2, 0) is 4.79 Å². The zero-order valence-electron chi connectivity index (χ0n) is 13.0. The Morgan fingerprint density at radius 3 is 2.41 bits per heavy atom. The predicted octanol–water partition coefficient (Wildman–Crippen LogP) is 1.76. The molecule has 0 fully saturated rings. The van der Waals surface area contributed by atoms with Crippen LogP contribution < -0.4 is 5.32 Å². The van der Waals surface area contributed by atoms with E-state index in [1.54, 1.807) is 38.4 Å². The van der Waals surface area contributed by atoms with E-state index >= 15 is 0 Å². The van der Waals surface area contributed by atoms with Gasteiger partial charge in [0.1, 0.15) is 0 Å². The second kappa shape index (κ2) is 8.81. The van der Waals surface area contributed by atoms with Crippen molar-refractivity contribution in [2.45, 2.75) is 25.7 Å². The lowest BCUT2D eigenvalue weighted by Gasteiger charge is -2.11. The number of carbonyl (C=O) groups is 3. The van der Waals surface area contributed by atoms with Crippen LogP contribution in [0.1, 0.15) is 46.4 Å². The van der Waals surface area contributed by atoms with E-state index in [4.69, 9.17) is 5.11 Å². The number of nitrogens with one attached hydrogen (secondary N) is 1. The zero-order chi connectivity index (χ0) is 16.5. The number of carboxylic acid groups (broad SMARTS) is 1. The fourth-order valence-corrected chi connectivity index (χ4v) is 1.93. The Balaban J connectivity index is 2.44. The molecule has 0 aliphatic rings. The molecule has 2 amide bonds. The zero-order valence-corrected chi connectivity index (χ0v) is 13.0. The van der Waals surface area contributed by atoms with Gasteiger partial charge in [0.15, 0.2) is 0 Å². The second-order valence-electron chi connectivity index (χ2n) is 5.24. The average Bonchev–Trinajstić information content (AvgIpc) is 2.49. The number of hydrogen-bond donors (Lipinski definition) is 2. The van der Waals surface area contributed by atoms with Gasteiger partial charge in [-0.2, -0.15) is 0 Å². The van der Waals surface area contributed by atoms with Crippen LogP contribution in [0.25, 0.3) is 0 Å². The molecule has 120 valence electrons. The van der Waals surface area contributed by atoms with Crippen molar-refractivity contribution in [2.75, 3.05) is 20.6 Å². The maximum Gasteiger partial charge on any atom is 0.303 e. The molecule has 0 saturated heterocycles. The van der Waals surface area contributed by atoms with Crippen LogP contribution in [0, 0.1) is 0 Å².